The Labute approximate surface area is 111 Å². The number of hydrogen-bond acceptors (Lipinski definition) is 4. The minimum Gasteiger partial charge on any atom is -0.548 e. The lowest BCUT2D eigenvalue weighted by Crippen LogP contribution is -2.51. The van der Waals surface area contributed by atoms with E-state index in [0.29, 0.717) is 6.42 Å². The van der Waals surface area contributed by atoms with E-state index in [0.717, 1.165) is 24.3 Å². The maximum atomic E-state index is 12.7. The first-order valence-electron chi connectivity index (χ1n) is 5.76. The van der Waals surface area contributed by atoms with Crippen LogP contribution in [0.25, 0.3) is 0 Å². The quantitative estimate of drug-likeness (QED) is 0.814. The number of nitrogens with one attached hydrogen (secondary N) is 1. The molecular weight excluding hydrogens is 273 g/mol. The Morgan fingerprint density at radius 2 is 1.89 bits per heavy atom. The summed E-state index contributed by atoms with van der Waals surface area (Å²) >= 11 is 0. The third kappa shape index (κ3) is 4.00. The third-order valence-corrected chi connectivity index (χ3v) is 4.33. The molecule has 0 spiro atoms. The van der Waals surface area contributed by atoms with Crippen LogP contribution in [0.3, 0.4) is 0 Å². The van der Waals surface area contributed by atoms with E-state index >= 15 is 0 Å². The normalized spacial score (nSPS) is 14.9. The number of sulfonamides is 1. The zero-order valence-corrected chi connectivity index (χ0v) is 11.4. The minimum absolute atomic E-state index is 0.191. The number of benzene rings is 1. The molecular formula is C12H15FNO4S-. The van der Waals surface area contributed by atoms with Gasteiger partial charge in [0.25, 0.3) is 0 Å². The summed E-state index contributed by atoms with van der Waals surface area (Å²) in [5, 5.41) is 11.0. The predicted octanol–water partition coefficient (Wildman–Crippen LogP) is 0.269. The van der Waals surface area contributed by atoms with Crippen molar-refractivity contribution in [1.82, 2.24) is 4.72 Å². The number of rotatable bonds is 6. The molecule has 0 heterocycles. The lowest BCUT2D eigenvalue weighted by Gasteiger charge is -2.24. The molecule has 0 unspecified atom stereocenters. The van der Waals surface area contributed by atoms with Gasteiger partial charge in [0.15, 0.2) is 0 Å². The average Bonchev–Trinajstić information content (AvgIpc) is 2.35. The summed E-state index contributed by atoms with van der Waals surface area (Å²) in [6, 6.07) is 2.80. The highest BCUT2D eigenvalue weighted by Crippen LogP contribution is 2.14. The van der Waals surface area contributed by atoms with Crippen LogP contribution in [0, 0.1) is 11.7 Å². The van der Waals surface area contributed by atoms with Crippen molar-refractivity contribution in [3.8, 4) is 0 Å². The molecule has 106 valence electrons. The summed E-state index contributed by atoms with van der Waals surface area (Å²) in [6.45, 7) is 3.35. The van der Waals surface area contributed by atoms with Gasteiger partial charge in [-0.3, -0.25) is 0 Å². The topological polar surface area (TPSA) is 86.3 Å². The van der Waals surface area contributed by atoms with E-state index in [1.54, 1.807) is 13.8 Å². The molecule has 0 saturated heterocycles. The van der Waals surface area contributed by atoms with Crippen LogP contribution in [0.2, 0.25) is 0 Å². The summed E-state index contributed by atoms with van der Waals surface area (Å²) in [5.74, 6) is -2.47. The van der Waals surface area contributed by atoms with Gasteiger partial charge in [-0.05, 0) is 30.2 Å². The molecule has 0 aliphatic carbocycles. The molecule has 0 aliphatic rings. The number of carbonyl (C=O) groups excluding carboxylic acids is 1. The Morgan fingerprint density at radius 3 is 2.32 bits per heavy atom. The van der Waals surface area contributed by atoms with Gasteiger partial charge in [-0.2, -0.15) is 0 Å². The van der Waals surface area contributed by atoms with Crippen LogP contribution in [0.4, 0.5) is 4.39 Å². The molecule has 1 aromatic rings. The van der Waals surface area contributed by atoms with Gasteiger partial charge in [0.05, 0.1) is 16.9 Å². The van der Waals surface area contributed by atoms with Crippen LogP contribution in [-0.4, -0.2) is 20.4 Å². The van der Waals surface area contributed by atoms with Gasteiger partial charge < -0.3 is 9.90 Å². The fraction of sp³-hybridized carbons (Fsp3) is 0.417. The molecule has 5 nitrogen and oxygen atoms in total. The van der Waals surface area contributed by atoms with Gasteiger partial charge in [0.1, 0.15) is 5.82 Å². The molecule has 7 heteroatoms. The lowest BCUT2D eigenvalue weighted by atomic mass is 10.0. The monoisotopic (exact) mass is 288 g/mol. The summed E-state index contributed by atoms with van der Waals surface area (Å²) in [4.78, 5) is 10.8. The second-order valence-electron chi connectivity index (χ2n) is 4.26. The first-order valence-corrected chi connectivity index (χ1v) is 7.25. The van der Waals surface area contributed by atoms with E-state index in [9.17, 15) is 22.7 Å². The third-order valence-electron chi connectivity index (χ3n) is 2.87. The van der Waals surface area contributed by atoms with Gasteiger partial charge >= 0.3 is 0 Å². The zero-order chi connectivity index (χ0) is 14.6. The van der Waals surface area contributed by atoms with E-state index in [1.165, 1.54) is 0 Å². The van der Waals surface area contributed by atoms with Crippen LogP contribution in [-0.2, 0) is 14.8 Å². The molecule has 2 atom stereocenters. The molecule has 0 aromatic heterocycles. The Balaban J connectivity index is 3.00. The van der Waals surface area contributed by atoms with Crippen LogP contribution >= 0.6 is 0 Å². The molecule has 0 amide bonds. The highest BCUT2D eigenvalue weighted by atomic mass is 32.2. The first-order chi connectivity index (χ1) is 8.77. The summed E-state index contributed by atoms with van der Waals surface area (Å²) < 4.78 is 38.7. The molecule has 0 aliphatic heterocycles. The molecule has 0 saturated carbocycles. The van der Waals surface area contributed by atoms with Crippen molar-refractivity contribution in [2.75, 3.05) is 0 Å². The molecule has 19 heavy (non-hydrogen) atoms. The van der Waals surface area contributed by atoms with Crippen LogP contribution in [0.15, 0.2) is 29.2 Å². The largest absolute Gasteiger partial charge is 0.548 e. The van der Waals surface area contributed by atoms with E-state index in [2.05, 4.69) is 4.72 Å². The van der Waals surface area contributed by atoms with Gasteiger partial charge in [0.2, 0.25) is 10.0 Å². The van der Waals surface area contributed by atoms with Crippen molar-refractivity contribution in [1.29, 1.82) is 0 Å². The van der Waals surface area contributed by atoms with Gasteiger partial charge in [0, 0.05) is 0 Å². The fourth-order valence-electron chi connectivity index (χ4n) is 1.48. The number of aliphatic carboxylic acids is 1. The van der Waals surface area contributed by atoms with Crippen molar-refractivity contribution in [3.63, 3.8) is 0 Å². The van der Waals surface area contributed by atoms with E-state index in [-0.39, 0.29) is 4.90 Å². The molecule has 0 fully saturated rings. The Morgan fingerprint density at radius 1 is 1.37 bits per heavy atom. The van der Waals surface area contributed by atoms with Crippen molar-refractivity contribution in [2.24, 2.45) is 5.92 Å². The number of carboxylic acids is 1. The lowest BCUT2D eigenvalue weighted by molar-refractivity contribution is -0.309. The average molecular weight is 288 g/mol. The second kappa shape index (κ2) is 6.12. The molecule has 1 N–H and O–H groups in total. The SMILES string of the molecule is CC[C@@H](C)[C@@H](NS(=O)(=O)c1ccc(F)cc1)C(=O)[O-]. The minimum atomic E-state index is -4.01. The van der Waals surface area contributed by atoms with Gasteiger partial charge in [-0.25, -0.2) is 17.5 Å². The van der Waals surface area contributed by atoms with E-state index in [1.807, 2.05) is 0 Å². The smallest absolute Gasteiger partial charge is 0.241 e. The fourth-order valence-corrected chi connectivity index (χ4v) is 2.77. The number of carbonyl (C=O) groups is 1. The van der Waals surface area contributed by atoms with Crippen molar-refractivity contribution < 1.29 is 22.7 Å². The molecule has 0 bridgehead atoms. The Bertz CT molecular complexity index is 541. The summed E-state index contributed by atoms with van der Waals surface area (Å²) in [6.07, 6.45) is 0.477. The summed E-state index contributed by atoms with van der Waals surface area (Å²) in [7, 11) is -4.01. The first kappa shape index (κ1) is 15.6. The molecule has 1 aromatic carbocycles. The van der Waals surface area contributed by atoms with Gasteiger partial charge in [-0.1, -0.05) is 20.3 Å². The van der Waals surface area contributed by atoms with Crippen LogP contribution in [0.1, 0.15) is 20.3 Å². The standard InChI is InChI=1S/C12H16FNO4S/c1-3-8(2)11(12(15)16)14-19(17,18)10-6-4-9(13)5-7-10/h4-8,11,14H,3H2,1-2H3,(H,15,16)/p-1/t8-,11-/m1/s1. The Hall–Kier alpha value is -1.47. The van der Waals surface area contributed by atoms with Gasteiger partial charge in [-0.15, -0.1) is 0 Å². The zero-order valence-electron chi connectivity index (χ0n) is 10.6. The highest BCUT2D eigenvalue weighted by molar-refractivity contribution is 7.89. The van der Waals surface area contributed by atoms with E-state index < -0.39 is 33.8 Å². The predicted molar refractivity (Wildman–Crippen MR) is 65.0 cm³/mol. The van der Waals surface area contributed by atoms with Crippen molar-refractivity contribution in [3.05, 3.63) is 30.1 Å². The Kier molecular flexibility index (Phi) is 5.02. The number of hydrogen-bond donors (Lipinski definition) is 1. The van der Waals surface area contributed by atoms with E-state index in [4.69, 9.17) is 0 Å². The second-order valence-corrected chi connectivity index (χ2v) is 5.97. The van der Waals surface area contributed by atoms with Crippen molar-refractivity contribution >= 4 is 16.0 Å². The summed E-state index contributed by atoms with van der Waals surface area (Å²) in [5.41, 5.74) is 0. The molecule has 0 radical (unpaired) electrons. The highest BCUT2D eigenvalue weighted by Gasteiger charge is 2.24. The van der Waals surface area contributed by atoms with Crippen LogP contribution in [0.5, 0.6) is 0 Å². The number of carboxylic acid groups (broad SMARTS) is 1. The maximum absolute atomic E-state index is 12.7. The maximum Gasteiger partial charge on any atom is 0.241 e. The van der Waals surface area contributed by atoms with Crippen LogP contribution < -0.4 is 9.83 Å². The number of halogens is 1. The van der Waals surface area contributed by atoms with Crippen molar-refractivity contribution in [2.45, 2.75) is 31.2 Å². The molecule has 1 rings (SSSR count).